The third-order valence-electron chi connectivity index (χ3n) is 3.67. The zero-order valence-corrected chi connectivity index (χ0v) is 12.9. The lowest BCUT2D eigenvalue weighted by Crippen LogP contribution is -2.29. The summed E-state index contributed by atoms with van der Waals surface area (Å²) in [5.74, 6) is 6.74. The van der Waals surface area contributed by atoms with Crippen LogP contribution in [0, 0.1) is 6.92 Å². The lowest BCUT2D eigenvalue weighted by molar-refractivity contribution is 0.351. The number of rotatable bonds is 4. The smallest absolute Gasteiger partial charge is 0.125 e. The average molecular weight is 309 g/mol. The molecule has 0 aliphatic carbocycles. The topological polar surface area (TPSA) is 47.3 Å². The molecule has 106 valence electrons. The number of fused-ring (bicyclic) bond motifs is 1. The molecule has 2 heterocycles. The summed E-state index contributed by atoms with van der Waals surface area (Å²) in [6.45, 7) is 2.84. The van der Waals surface area contributed by atoms with Crippen LogP contribution < -0.4 is 16.0 Å². The highest BCUT2D eigenvalue weighted by Gasteiger charge is 2.21. The third-order valence-corrected chi connectivity index (χ3v) is 5.02. The molecule has 1 aliphatic rings. The molecule has 0 radical (unpaired) electrons. The minimum atomic E-state index is 0.0850. The Hall–Kier alpha value is -1.07. The van der Waals surface area contributed by atoms with E-state index in [1.165, 1.54) is 16.0 Å². The Bertz CT molecular complexity index is 626. The van der Waals surface area contributed by atoms with Crippen molar-refractivity contribution in [1.29, 1.82) is 0 Å². The van der Waals surface area contributed by atoms with Gasteiger partial charge in [0, 0.05) is 16.3 Å². The van der Waals surface area contributed by atoms with Crippen molar-refractivity contribution in [1.82, 2.24) is 5.43 Å². The van der Waals surface area contributed by atoms with Crippen molar-refractivity contribution in [2.45, 2.75) is 25.8 Å². The summed E-state index contributed by atoms with van der Waals surface area (Å²) in [6, 6.07) is 6.18. The van der Waals surface area contributed by atoms with E-state index >= 15 is 0 Å². The van der Waals surface area contributed by atoms with Crippen LogP contribution in [0.3, 0.4) is 0 Å². The quantitative estimate of drug-likeness (QED) is 0.672. The van der Waals surface area contributed by atoms with Gasteiger partial charge in [-0.2, -0.15) is 0 Å². The molecule has 0 spiro atoms. The molecular weight excluding hydrogens is 292 g/mol. The molecule has 1 aliphatic heterocycles. The number of hydrazine groups is 1. The first-order chi connectivity index (χ1) is 9.69. The van der Waals surface area contributed by atoms with Crippen molar-refractivity contribution in [2.75, 3.05) is 6.61 Å². The van der Waals surface area contributed by atoms with E-state index < -0.39 is 0 Å². The molecule has 3 rings (SSSR count). The molecule has 0 saturated carbocycles. The lowest BCUT2D eigenvalue weighted by Gasteiger charge is -2.17. The minimum absolute atomic E-state index is 0.0850. The number of nitrogens with two attached hydrogens (primary N) is 1. The van der Waals surface area contributed by atoms with Gasteiger partial charge >= 0.3 is 0 Å². The van der Waals surface area contributed by atoms with E-state index in [2.05, 4.69) is 23.8 Å². The van der Waals surface area contributed by atoms with Crippen LogP contribution in [0.2, 0.25) is 5.02 Å². The van der Waals surface area contributed by atoms with Crippen LogP contribution in [0.1, 0.15) is 27.6 Å². The molecule has 0 bridgehead atoms. The fourth-order valence-electron chi connectivity index (χ4n) is 2.69. The molecule has 0 amide bonds. The molecule has 3 N–H and O–H groups in total. The van der Waals surface area contributed by atoms with Gasteiger partial charge in [-0.1, -0.05) is 11.6 Å². The molecule has 2 aromatic rings. The molecule has 5 heteroatoms. The van der Waals surface area contributed by atoms with E-state index in [1.807, 2.05) is 12.1 Å². The van der Waals surface area contributed by atoms with Crippen LogP contribution in [0.25, 0.3) is 0 Å². The summed E-state index contributed by atoms with van der Waals surface area (Å²) < 4.78 is 5.75. The van der Waals surface area contributed by atoms with Crippen molar-refractivity contribution >= 4 is 22.9 Å². The van der Waals surface area contributed by atoms with Gasteiger partial charge in [0.25, 0.3) is 0 Å². The third kappa shape index (κ3) is 2.56. The summed E-state index contributed by atoms with van der Waals surface area (Å²) in [7, 11) is 0. The Morgan fingerprint density at radius 2 is 2.35 bits per heavy atom. The average Bonchev–Trinajstić information content (AvgIpc) is 3.04. The highest BCUT2D eigenvalue weighted by molar-refractivity contribution is 7.10. The molecule has 20 heavy (non-hydrogen) atoms. The molecule has 0 fully saturated rings. The second-order valence-corrected chi connectivity index (χ2v) is 6.43. The first-order valence-corrected chi connectivity index (χ1v) is 7.89. The lowest BCUT2D eigenvalue weighted by atomic mass is 10.00. The Labute approximate surface area is 127 Å². The zero-order chi connectivity index (χ0) is 14.1. The summed E-state index contributed by atoms with van der Waals surface area (Å²) in [5.41, 5.74) is 6.50. The first-order valence-electron chi connectivity index (χ1n) is 6.63. The maximum atomic E-state index is 6.21. The molecule has 1 unspecified atom stereocenters. The van der Waals surface area contributed by atoms with Crippen molar-refractivity contribution in [3.63, 3.8) is 0 Å². The van der Waals surface area contributed by atoms with Gasteiger partial charge < -0.3 is 4.74 Å². The van der Waals surface area contributed by atoms with E-state index in [9.17, 15) is 0 Å². The van der Waals surface area contributed by atoms with E-state index in [1.54, 1.807) is 11.3 Å². The van der Waals surface area contributed by atoms with Crippen LogP contribution >= 0.6 is 22.9 Å². The molecule has 1 atom stereocenters. The monoisotopic (exact) mass is 308 g/mol. The number of halogens is 1. The predicted octanol–water partition coefficient (Wildman–Crippen LogP) is 3.39. The normalized spacial score (nSPS) is 14.9. The van der Waals surface area contributed by atoms with Crippen LogP contribution in [0.5, 0.6) is 5.75 Å². The maximum Gasteiger partial charge on any atom is 0.125 e. The fourth-order valence-corrected chi connectivity index (χ4v) is 3.94. The second kappa shape index (κ2) is 5.74. The Morgan fingerprint density at radius 3 is 3.05 bits per heavy atom. The van der Waals surface area contributed by atoms with Crippen LogP contribution in [0.15, 0.2) is 23.6 Å². The number of hydrogen-bond donors (Lipinski definition) is 2. The molecule has 3 nitrogen and oxygen atoms in total. The Kier molecular flexibility index (Phi) is 3.98. The minimum Gasteiger partial charge on any atom is -0.493 e. The van der Waals surface area contributed by atoms with E-state index in [0.29, 0.717) is 0 Å². The summed E-state index contributed by atoms with van der Waals surface area (Å²) >= 11 is 7.93. The Balaban J connectivity index is 1.92. The summed E-state index contributed by atoms with van der Waals surface area (Å²) in [5, 5.41) is 2.86. The first kappa shape index (κ1) is 13.9. The van der Waals surface area contributed by atoms with Gasteiger partial charge in [-0.3, -0.25) is 11.3 Å². The van der Waals surface area contributed by atoms with Crippen LogP contribution in [0.4, 0.5) is 0 Å². The van der Waals surface area contributed by atoms with Gasteiger partial charge in [0.2, 0.25) is 0 Å². The summed E-state index contributed by atoms with van der Waals surface area (Å²) in [6.07, 6.45) is 1.71. The summed E-state index contributed by atoms with van der Waals surface area (Å²) in [4.78, 5) is 1.26. The molecule has 1 aromatic carbocycles. The second-order valence-electron chi connectivity index (χ2n) is 5.04. The molecule has 0 saturated heterocycles. The van der Waals surface area contributed by atoms with Gasteiger partial charge in [-0.15, -0.1) is 11.3 Å². The Morgan fingerprint density at radius 1 is 1.50 bits per heavy atom. The van der Waals surface area contributed by atoms with Gasteiger partial charge in [0.1, 0.15) is 5.75 Å². The molecular formula is C15H17ClN2OS. The number of hydrogen-bond acceptors (Lipinski definition) is 4. The number of ether oxygens (including phenoxy) is 1. The number of aryl methyl sites for hydroxylation is 1. The van der Waals surface area contributed by atoms with Crippen LogP contribution in [-0.4, -0.2) is 6.61 Å². The van der Waals surface area contributed by atoms with Crippen molar-refractivity contribution in [3.05, 3.63) is 50.2 Å². The number of benzene rings is 1. The van der Waals surface area contributed by atoms with E-state index in [-0.39, 0.29) is 6.04 Å². The zero-order valence-electron chi connectivity index (χ0n) is 11.3. The van der Waals surface area contributed by atoms with Crippen molar-refractivity contribution < 1.29 is 4.74 Å². The van der Waals surface area contributed by atoms with Gasteiger partial charge in [-0.25, -0.2) is 0 Å². The SMILES string of the molecule is Cc1ccsc1C(Cc1cc(Cl)cc2c1OCC2)NN. The number of nitrogens with one attached hydrogen (secondary N) is 1. The van der Waals surface area contributed by atoms with Crippen molar-refractivity contribution in [3.8, 4) is 5.75 Å². The van der Waals surface area contributed by atoms with Crippen LogP contribution in [-0.2, 0) is 12.8 Å². The predicted molar refractivity (Wildman–Crippen MR) is 83.5 cm³/mol. The van der Waals surface area contributed by atoms with Crippen molar-refractivity contribution in [2.24, 2.45) is 5.84 Å². The fraction of sp³-hybridized carbons (Fsp3) is 0.333. The highest BCUT2D eigenvalue weighted by atomic mass is 35.5. The van der Waals surface area contributed by atoms with Gasteiger partial charge in [0.05, 0.1) is 12.6 Å². The van der Waals surface area contributed by atoms with Gasteiger partial charge in [-0.05, 0) is 53.6 Å². The van der Waals surface area contributed by atoms with Gasteiger partial charge in [0.15, 0.2) is 0 Å². The highest BCUT2D eigenvalue weighted by Crippen LogP contribution is 2.36. The standard InChI is InChI=1S/C15H17ClN2OS/c1-9-3-5-20-15(9)13(18-17)8-11-7-12(16)6-10-2-4-19-14(10)11/h3,5-7,13,18H,2,4,8,17H2,1H3. The van der Waals surface area contributed by atoms with E-state index in [0.717, 1.165) is 35.8 Å². The maximum absolute atomic E-state index is 6.21. The van der Waals surface area contributed by atoms with E-state index in [4.69, 9.17) is 22.2 Å². The largest absolute Gasteiger partial charge is 0.493 e. The molecule has 1 aromatic heterocycles. The number of thiophene rings is 1.